The van der Waals surface area contributed by atoms with Crippen molar-refractivity contribution in [2.75, 3.05) is 0 Å². The molecule has 1 aliphatic rings. The predicted octanol–water partition coefficient (Wildman–Crippen LogP) is 3.23. The molecule has 1 aliphatic carbocycles. The lowest BCUT2D eigenvalue weighted by Gasteiger charge is -2.33. The molecular weight excluding hydrogens is 242 g/mol. The molecule has 2 N–H and O–H groups in total. The summed E-state index contributed by atoms with van der Waals surface area (Å²) < 4.78 is 5.30. The second-order valence-corrected chi connectivity index (χ2v) is 7.83. The summed E-state index contributed by atoms with van der Waals surface area (Å²) in [4.78, 5) is 11.9. The highest BCUT2D eigenvalue weighted by Crippen LogP contribution is 2.40. The lowest BCUT2D eigenvalue weighted by atomic mass is 9.83. The molecule has 112 valence electrons. The van der Waals surface area contributed by atoms with E-state index in [1.54, 1.807) is 0 Å². The Labute approximate surface area is 116 Å². The number of carbonyl (C=O) groups excluding carboxylic acids is 1. The van der Waals surface area contributed by atoms with Gasteiger partial charge in [-0.15, -0.1) is 0 Å². The first kappa shape index (κ1) is 16.3. The third-order valence-corrected chi connectivity index (χ3v) is 3.46. The molecule has 0 aromatic heterocycles. The number of hydrogen-bond acceptors (Lipinski definition) is 3. The van der Waals surface area contributed by atoms with Crippen LogP contribution in [-0.2, 0) is 4.74 Å². The first-order chi connectivity index (χ1) is 8.41. The summed E-state index contributed by atoms with van der Waals surface area (Å²) >= 11 is 0. The van der Waals surface area contributed by atoms with Crippen molar-refractivity contribution in [2.24, 2.45) is 5.41 Å². The van der Waals surface area contributed by atoms with Gasteiger partial charge in [0.1, 0.15) is 5.60 Å². The third-order valence-electron chi connectivity index (χ3n) is 3.46. The molecule has 0 aromatic carbocycles. The Bertz CT molecular complexity index is 321. The molecule has 0 aliphatic heterocycles. The Hall–Kier alpha value is -0.770. The first-order valence-corrected chi connectivity index (χ1v) is 7.13. The number of nitrogens with one attached hydrogen (secondary N) is 1. The van der Waals surface area contributed by atoms with Crippen LogP contribution in [-0.4, -0.2) is 28.4 Å². The largest absolute Gasteiger partial charge is 0.444 e. The van der Waals surface area contributed by atoms with E-state index in [1.807, 2.05) is 20.8 Å². The van der Waals surface area contributed by atoms with E-state index in [9.17, 15) is 9.90 Å². The van der Waals surface area contributed by atoms with Gasteiger partial charge in [-0.05, 0) is 51.9 Å². The SMILES string of the molecule is CC(C)(C)OC(=O)NC(CCC1(O)CC1)C(C)(C)C. The van der Waals surface area contributed by atoms with Crippen molar-refractivity contribution in [1.29, 1.82) is 0 Å². The summed E-state index contributed by atoms with van der Waals surface area (Å²) in [7, 11) is 0. The zero-order chi connectivity index (χ0) is 14.9. The Kier molecular flexibility index (Phi) is 4.55. The minimum atomic E-state index is -0.485. The summed E-state index contributed by atoms with van der Waals surface area (Å²) in [5, 5.41) is 12.9. The van der Waals surface area contributed by atoms with Crippen LogP contribution in [0.2, 0.25) is 0 Å². The van der Waals surface area contributed by atoms with Crippen molar-refractivity contribution >= 4 is 6.09 Å². The van der Waals surface area contributed by atoms with Gasteiger partial charge in [0, 0.05) is 6.04 Å². The number of carbonyl (C=O) groups is 1. The lowest BCUT2D eigenvalue weighted by molar-refractivity contribution is 0.0440. The van der Waals surface area contributed by atoms with Crippen molar-refractivity contribution < 1.29 is 14.6 Å². The van der Waals surface area contributed by atoms with Gasteiger partial charge in [-0.2, -0.15) is 0 Å². The van der Waals surface area contributed by atoms with Crippen molar-refractivity contribution in [3.63, 3.8) is 0 Å². The highest BCUT2D eigenvalue weighted by Gasteiger charge is 2.41. The Morgan fingerprint density at radius 3 is 2.16 bits per heavy atom. The molecule has 1 amide bonds. The maximum atomic E-state index is 11.9. The highest BCUT2D eigenvalue weighted by atomic mass is 16.6. The van der Waals surface area contributed by atoms with E-state index in [0.29, 0.717) is 0 Å². The number of ether oxygens (including phenoxy) is 1. The molecule has 0 radical (unpaired) electrons. The summed E-state index contributed by atoms with van der Waals surface area (Å²) in [6.45, 7) is 11.8. The van der Waals surface area contributed by atoms with Crippen molar-refractivity contribution in [1.82, 2.24) is 5.32 Å². The van der Waals surface area contributed by atoms with Crippen LogP contribution >= 0.6 is 0 Å². The van der Waals surface area contributed by atoms with Crippen molar-refractivity contribution in [2.45, 2.75) is 84.5 Å². The fourth-order valence-electron chi connectivity index (χ4n) is 1.98. The first-order valence-electron chi connectivity index (χ1n) is 7.13. The summed E-state index contributed by atoms with van der Waals surface area (Å²) in [5.74, 6) is 0. The molecule has 19 heavy (non-hydrogen) atoms. The van der Waals surface area contributed by atoms with E-state index in [0.717, 1.165) is 25.7 Å². The van der Waals surface area contributed by atoms with Crippen LogP contribution in [0.5, 0.6) is 0 Å². The summed E-state index contributed by atoms with van der Waals surface area (Å²) in [6.07, 6.45) is 2.91. The maximum Gasteiger partial charge on any atom is 0.407 e. The monoisotopic (exact) mass is 271 g/mol. The number of aliphatic hydroxyl groups is 1. The molecule has 0 saturated heterocycles. The minimum Gasteiger partial charge on any atom is -0.444 e. The normalized spacial score (nSPS) is 19.7. The van der Waals surface area contributed by atoms with E-state index >= 15 is 0 Å². The molecule has 0 spiro atoms. The lowest BCUT2D eigenvalue weighted by Crippen LogP contribution is -2.46. The topological polar surface area (TPSA) is 58.6 Å². The molecule has 0 heterocycles. The number of alkyl carbamates (subject to hydrolysis) is 1. The van der Waals surface area contributed by atoms with Gasteiger partial charge in [0.25, 0.3) is 0 Å². The smallest absolute Gasteiger partial charge is 0.407 e. The molecule has 1 unspecified atom stereocenters. The van der Waals surface area contributed by atoms with Crippen molar-refractivity contribution in [3.8, 4) is 0 Å². The van der Waals surface area contributed by atoms with Crippen molar-refractivity contribution in [3.05, 3.63) is 0 Å². The van der Waals surface area contributed by atoms with Crippen LogP contribution in [0.1, 0.15) is 67.2 Å². The van der Waals surface area contributed by atoms with Gasteiger partial charge >= 0.3 is 6.09 Å². The molecule has 0 bridgehead atoms. The second-order valence-electron chi connectivity index (χ2n) is 7.83. The predicted molar refractivity (Wildman–Crippen MR) is 76.0 cm³/mol. The summed E-state index contributed by atoms with van der Waals surface area (Å²) in [6, 6.07) is 0.00646. The van der Waals surface area contributed by atoms with Gasteiger partial charge in [0.15, 0.2) is 0 Å². The van der Waals surface area contributed by atoms with Gasteiger partial charge < -0.3 is 15.2 Å². The molecule has 1 saturated carbocycles. The molecule has 4 nitrogen and oxygen atoms in total. The quantitative estimate of drug-likeness (QED) is 0.825. The Balaban J connectivity index is 2.52. The van der Waals surface area contributed by atoms with Gasteiger partial charge in [-0.25, -0.2) is 4.79 Å². The average molecular weight is 271 g/mol. The standard InChI is InChI=1S/C15H29NO3/c1-13(2,3)11(7-8-15(18)9-10-15)16-12(17)19-14(4,5)6/h11,18H,7-10H2,1-6H3,(H,16,17). The third kappa shape index (κ3) is 6.28. The molecule has 1 atom stereocenters. The molecule has 1 fully saturated rings. The van der Waals surface area contributed by atoms with Gasteiger partial charge in [-0.1, -0.05) is 20.8 Å². The summed E-state index contributed by atoms with van der Waals surface area (Å²) in [5.41, 5.74) is -1.01. The van der Waals surface area contributed by atoms with Crippen LogP contribution in [0.15, 0.2) is 0 Å². The zero-order valence-corrected chi connectivity index (χ0v) is 13.2. The molecule has 0 aromatic rings. The average Bonchev–Trinajstić information content (AvgIpc) is 2.87. The zero-order valence-electron chi connectivity index (χ0n) is 13.2. The molecule has 4 heteroatoms. The van der Waals surface area contributed by atoms with Crippen LogP contribution in [0.3, 0.4) is 0 Å². The van der Waals surface area contributed by atoms with E-state index in [1.165, 1.54) is 0 Å². The molecular formula is C15H29NO3. The van der Waals surface area contributed by atoms with Crippen LogP contribution in [0.25, 0.3) is 0 Å². The maximum absolute atomic E-state index is 11.9. The van der Waals surface area contributed by atoms with Crippen LogP contribution in [0, 0.1) is 5.41 Å². The number of amides is 1. The second kappa shape index (κ2) is 5.31. The van der Waals surface area contributed by atoms with E-state index in [2.05, 4.69) is 26.1 Å². The number of rotatable bonds is 4. The van der Waals surface area contributed by atoms with Gasteiger partial charge in [0.05, 0.1) is 5.60 Å². The van der Waals surface area contributed by atoms with Gasteiger partial charge in [0.2, 0.25) is 0 Å². The fourth-order valence-corrected chi connectivity index (χ4v) is 1.98. The Morgan fingerprint density at radius 1 is 1.26 bits per heavy atom. The van der Waals surface area contributed by atoms with E-state index < -0.39 is 11.2 Å². The van der Waals surface area contributed by atoms with Crippen LogP contribution in [0.4, 0.5) is 4.79 Å². The highest BCUT2D eigenvalue weighted by molar-refractivity contribution is 5.68. The minimum absolute atomic E-state index is 0.00646. The van der Waals surface area contributed by atoms with E-state index in [-0.39, 0.29) is 17.6 Å². The van der Waals surface area contributed by atoms with E-state index in [4.69, 9.17) is 4.74 Å². The van der Waals surface area contributed by atoms with Crippen LogP contribution < -0.4 is 5.32 Å². The Morgan fingerprint density at radius 2 is 1.79 bits per heavy atom. The van der Waals surface area contributed by atoms with Gasteiger partial charge in [-0.3, -0.25) is 0 Å². The fraction of sp³-hybridized carbons (Fsp3) is 0.933. The number of hydrogen-bond donors (Lipinski definition) is 2. The molecule has 1 rings (SSSR count).